The van der Waals surface area contributed by atoms with Crippen LogP contribution in [-0.4, -0.2) is 122 Å². The van der Waals surface area contributed by atoms with Crippen LogP contribution in [0.2, 0.25) is 0 Å². The van der Waals surface area contributed by atoms with E-state index in [1.54, 1.807) is 136 Å². The Kier molecular flexibility index (Phi) is 20.4. The average molecular weight is 1390 g/mol. The van der Waals surface area contributed by atoms with Gasteiger partial charge < -0.3 is 55.9 Å². The summed E-state index contributed by atoms with van der Waals surface area (Å²) in [5.41, 5.74) is -0.747. The highest BCUT2D eigenvalue weighted by Crippen LogP contribution is 2.38. The number of aliphatic hydroxyl groups is 4. The molecule has 8 N–H and O–H groups in total. The van der Waals surface area contributed by atoms with Gasteiger partial charge in [0.2, 0.25) is 11.8 Å². The largest absolute Gasteiger partial charge is 0.394 e. The van der Waals surface area contributed by atoms with Gasteiger partial charge in [0.25, 0.3) is 11.8 Å². The van der Waals surface area contributed by atoms with Crippen molar-refractivity contribution < 1.29 is 63.4 Å². The quantitative estimate of drug-likeness (QED) is 0.0677. The van der Waals surface area contributed by atoms with Crippen molar-refractivity contribution in [3.63, 3.8) is 0 Å². The first-order valence-electron chi connectivity index (χ1n) is 13.9. The Balaban J connectivity index is 2.77. The number of hydrogen-bond acceptors (Lipinski definition) is 13. The van der Waals surface area contributed by atoms with Crippen LogP contribution in [0.5, 0.6) is 0 Å². The summed E-state index contributed by atoms with van der Waals surface area (Å²) in [5, 5.41) is 47.9. The molecule has 4 amide bonds. The first-order chi connectivity index (χ1) is 24.0. The molecule has 2 unspecified atom stereocenters. The number of methoxy groups -OCH3 is 2. The molecule has 0 aliphatic heterocycles. The van der Waals surface area contributed by atoms with Crippen LogP contribution in [0.3, 0.4) is 0 Å². The number of benzene rings is 2. The molecule has 0 aliphatic carbocycles. The number of ether oxygens (including phenoxy) is 3. The zero-order chi connectivity index (χ0) is 38.7. The Morgan fingerprint density at radius 1 is 0.569 bits per heavy atom. The molecule has 2 rings (SSSR count). The SMILES string of the molecule is COCC(=O)Nc1c(I)c(C(=O)NCC(O)CO)c(I)c(C(=O)OC(=O)c2c(I)c(NC(=O)COC)c(I)c(C(=O)NCC(O)CO)c2I)c1I. The molecule has 0 fully saturated rings. The van der Waals surface area contributed by atoms with Crippen LogP contribution in [0.15, 0.2) is 0 Å². The van der Waals surface area contributed by atoms with Crippen molar-refractivity contribution >= 4 is 182 Å². The van der Waals surface area contributed by atoms with Gasteiger partial charge in [-0.05, 0) is 136 Å². The minimum absolute atomic E-state index is 0.0157. The standard InChI is InChI=1S/C28H28I6N4O13/c1-49-7-11(43)37-23-19(31)13(25(45)35-3-9(41)5-39)17(29)15(21(23)33)27(47)51-28(48)16-18(30)14(26(46)36-4-10(42)6-40)20(32)24(22(16)34)38-12(44)8-50-2/h9-10,39-42H,3-8H2,1-2H3,(H,35,45)(H,36,46)(H,37,43)(H,38,44). The van der Waals surface area contributed by atoms with E-state index in [4.69, 9.17) is 14.2 Å². The predicted octanol–water partition coefficient (Wildman–Crippen LogP) is 1.65. The third-order valence-electron chi connectivity index (χ3n) is 6.18. The Hall–Kier alpha value is -0.400. The Labute approximate surface area is 372 Å². The van der Waals surface area contributed by atoms with Crippen LogP contribution in [0.25, 0.3) is 0 Å². The number of anilines is 2. The maximum Gasteiger partial charge on any atom is 0.348 e. The number of carbonyl (C=O) groups excluding carboxylic acids is 6. The topological polar surface area (TPSA) is 259 Å². The second-order valence-electron chi connectivity index (χ2n) is 9.87. The van der Waals surface area contributed by atoms with E-state index in [-0.39, 0.29) is 81.4 Å². The van der Waals surface area contributed by atoms with Gasteiger partial charge in [-0.3, -0.25) is 19.2 Å². The summed E-state index contributed by atoms with van der Waals surface area (Å²) in [7, 11) is 2.58. The molecule has 0 spiro atoms. The fraction of sp³-hybridized carbons (Fsp3) is 0.357. The van der Waals surface area contributed by atoms with Gasteiger partial charge in [0.05, 0.1) is 73.3 Å². The predicted molar refractivity (Wildman–Crippen MR) is 231 cm³/mol. The summed E-state index contributed by atoms with van der Waals surface area (Å²) in [6.07, 6.45) is -2.57. The Morgan fingerprint density at radius 2 is 0.882 bits per heavy atom. The first-order valence-corrected chi connectivity index (χ1v) is 20.3. The van der Waals surface area contributed by atoms with Gasteiger partial charge in [-0.15, -0.1) is 0 Å². The second kappa shape index (κ2) is 22.2. The number of nitrogens with one attached hydrogen (secondary N) is 4. The van der Waals surface area contributed by atoms with Crippen molar-refractivity contribution in [1.29, 1.82) is 0 Å². The molecule has 51 heavy (non-hydrogen) atoms. The van der Waals surface area contributed by atoms with E-state index in [0.717, 1.165) is 0 Å². The Bertz CT molecular complexity index is 1590. The number of carbonyl (C=O) groups is 6. The van der Waals surface area contributed by atoms with Gasteiger partial charge in [-0.1, -0.05) is 0 Å². The molecule has 0 saturated carbocycles. The molecule has 23 heteroatoms. The summed E-state index contributed by atoms with van der Waals surface area (Å²) in [6.45, 7) is -2.72. The normalized spacial score (nSPS) is 12.1. The highest BCUT2D eigenvalue weighted by atomic mass is 127. The Morgan fingerprint density at radius 3 is 1.18 bits per heavy atom. The highest BCUT2D eigenvalue weighted by molar-refractivity contribution is 14.1. The van der Waals surface area contributed by atoms with Crippen molar-refractivity contribution in [2.75, 3.05) is 64.4 Å². The molecule has 0 aliphatic rings. The fourth-order valence-electron chi connectivity index (χ4n) is 3.83. The maximum atomic E-state index is 13.9. The number of rotatable bonds is 16. The van der Waals surface area contributed by atoms with Crippen LogP contribution in [0.1, 0.15) is 41.4 Å². The number of amides is 4. The lowest BCUT2D eigenvalue weighted by Gasteiger charge is -2.20. The smallest absolute Gasteiger partial charge is 0.348 e. The first kappa shape index (κ1) is 46.8. The van der Waals surface area contributed by atoms with Gasteiger partial charge in [0.1, 0.15) is 13.2 Å². The monoisotopic (exact) mass is 1390 g/mol. The van der Waals surface area contributed by atoms with Gasteiger partial charge in [0.15, 0.2) is 0 Å². The zero-order valence-electron chi connectivity index (χ0n) is 26.1. The molecule has 0 saturated heterocycles. The maximum absolute atomic E-state index is 13.9. The molecule has 2 atom stereocenters. The molecular formula is C28H28I6N4O13. The van der Waals surface area contributed by atoms with Crippen molar-refractivity contribution in [3.05, 3.63) is 43.7 Å². The van der Waals surface area contributed by atoms with Crippen molar-refractivity contribution in [2.24, 2.45) is 0 Å². The lowest BCUT2D eigenvalue weighted by atomic mass is 10.1. The van der Waals surface area contributed by atoms with Gasteiger partial charge in [0, 0.05) is 34.4 Å². The lowest BCUT2D eigenvalue weighted by Crippen LogP contribution is -2.35. The molecule has 280 valence electrons. The number of halogens is 6. The van der Waals surface area contributed by atoms with E-state index in [9.17, 15) is 49.2 Å². The molecule has 2 aromatic rings. The van der Waals surface area contributed by atoms with Crippen LogP contribution in [0.4, 0.5) is 11.4 Å². The summed E-state index contributed by atoms with van der Waals surface area (Å²) >= 11 is 10.5. The number of hydrogen-bond donors (Lipinski definition) is 8. The summed E-state index contributed by atoms with van der Waals surface area (Å²) in [4.78, 5) is 79.5. The molecule has 0 bridgehead atoms. The van der Waals surface area contributed by atoms with E-state index in [1.165, 1.54) is 14.2 Å². The minimum Gasteiger partial charge on any atom is -0.394 e. The molecule has 2 aromatic carbocycles. The van der Waals surface area contributed by atoms with Crippen molar-refractivity contribution in [3.8, 4) is 0 Å². The third-order valence-corrected chi connectivity index (χ3v) is 12.7. The number of aliphatic hydroxyl groups excluding tert-OH is 4. The lowest BCUT2D eigenvalue weighted by molar-refractivity contribution is -0.120. The van der Waals surface area contributed by atoms with Crippen LogP contribution in [-0.2, 0) is 23.8 Å². The van der Waals surface area contributed by atoms with E-state index in [2.05, 4.69) is 21.3 Å². The number of esters is 2. The zero-order valence-corrected chi connectivity index (χ0v) is 39.1. The molecule has 17 nitrogen and oxygen atoms in total. The molecular weight excluding hydrogens is 1360 g/mol. The van der Waals surface area contributed by atoms with Crippen molar-refractivity contribution in [1.82, 2.24) is 10.6 Å². The van der Waals surface area contributed by atoms with Gasteiger partial charge in [-0.2, -0.15) is 0 Å². The van der Waals surface area contributed by atoms with Crippen molar-refractivity contribution in [2.45, 2.75) is 12.2 Å². The average Bonchev–Trinajstić information content (AvgIpc) is 3.06. The summed E-state index contributed by atoms with van der Waals surface area (Å²) < 4.78 is 15.7. The fourth-order valence-corrected chi connectivity index (χ4v) is 12.6. The third kappa shape index (κ3) is 12.3. The van der Waals surface area contributed by atoms with Gasteiger partial charge in [-0.25, -0.2) is 9.59 Å². The van der Waals surface area contributed by atoms with E-state index >= 15 is 0 Å². The van der Waals surface area contributed by atoms with E-state index in [0.29, 0.717) is 0 Å². The molecule has 0 aromatic heterocycles. The molecule has 0 radical (unpaired) electrons. The van der Waals surface area contributed by atoms with Crippen LogP contribution in [0, 0.1) is 21.4 Å². The summed E-state index contributed by atoms with van der Waals surface area (Å²) in [5.74, 6) is -5.32. The van der Waals surface area contributed by atoms with Gasteiger partial charge >= 0.3 is 11.9 Å². The summed E-state index contributed by atoms with van der Waals surface area (Å²) in [6, 6.07) is 0. The second-order valence-corrected chi connectivity index (χ2v) is 16.3. The van der Waals surface area contributed by atoms with Crippen LogP contribution >= 0.6 is 136 Å². The van der Waals surface area contributed by atoms with E-state index < -0.39 is 61.0 Å². The molecule has 0 heterocycles. The van der Waals surface area contributed by atoms with E-state index in [1.807, 2.05) is 0 Å². The minimum atomic E-state index is -1.29. The van der Waals surface area contributed by atoms with Crippen LogP contribution < -0.4 is 21.3 Å². The highest BCUT2D eigenvalue weighted by Gasteiger charge is 2.34.